The van der Waals surface area contributed by atoms with E-state index in [0.717, 1.165) is 16.9 Å². The molecule has 0 saturated heterocycles. The molecule has 0 spiro atoms. The second-order valence-electron chi connectivity index (χ2n) is 6.22. The van der Waals surface area contributed by atoms with Crippen LogP contribution in [0.25, 0.3) is 11.1 Å². The molecule has 0 radical (unpaired) electrons. The average Bonchev–Trinajstić information content (AvgIpc) is 3.12. The molecule has 29 heavy (non-hydrogen) atoms. The molecule has 2 N–H and O–H groups in total. The van der Waals surface area contributed by atoms with Gasteiger partial charge < -0.3 is 15.3 Å². The highest BCUT2D eigenvalue weighted by Crippen LogP contribution is 2.38. The summed E-state index contributed by atoms with van der Waals surface area (Å²) in [5, 5.41) is 14.8. The Kier molecular flexibility index (Phi) is 6.79. The number of aromatic carboxylic acids is 1. The molecule has 0 saturated carbocycles. The van der Waals surface area contributed by atoms with Crippen molar-refractivity contribution >= 4 is 52.2 Å². The summed E-state index contributed by atoms with van der Waals surface area (Å²) < 4.78 is 0. The van der Waals surface area contributed by atoms with E-state index in [1.807, 2.05) is 37.3 Å². The van der Waals surface area contributed by atoms with Crippen LogP contribution in [0.2, 0.25) is 10.0 Å². The number of rotatable bonds is 6. The van der Waals surface area contributed by atoms with Gasteiger partial charge in [-0.25, -0.2) is 9.59 Å². The zero-order chi connectivity index (χ0) is 21.0. The van der Waals surface area contributed by atoms with Crippen LogP contribution in [0.15, 0.2) is 53.9 Å². The number of nitrogens with one attached hydrogen (secondary N) is 1. The van der Waals surface area contributed by atoms with Crippen molar-refractivity contribution in [3.05, 3.63) is 74.4 Å². The minimum Gasteiger partial charge on any atom is -0.477 e. The van der Waals surface area contributed by atoms with Gasteiger partial charge in [0.25, 0.3) is 0 Å². The Morgan fingerprint density at radius 1 is 1.10 bits per heavy atom. The summed E-state index contributed by atoms with van der Waals surface area (Å²) in [7, 11) is 0. The molecule has 0 aliphatic carbocycles. The first kappa shape index (κ1) is 21.2. The largest absolute Gasteiger partial charge is 0.477 e. The Morgan fingerprint density at radius 3 is 2.45 bits per heavy atom. The van der Waals surface area contributed by atoms with Crippen LogP contribution in [0, 0.1) is 0 Å². The van der Waals surface area contributed by atoms with Gasteiger partial charge in [-0.15, -0.1) is 11.3 Å². The summed E-state index contributed by atoms with van der Waals surface area (Å²) in [5.41, 5.74) is 2.48. The predicted octanol–water partition coefficient (Wildman–Crippen LogP) is 6.47. The molecule has 0 fully saturated rings. The van der Waals surface area contributed by atoms with Gasteiger partial charge in [-0.05, 0) is 30.2 Å². The first-order valence-corrected chi connectivity index (χ1v) is 10.4. The number of benzene rings is 2. The third-order valence-electron chi connectivity index (χ3n) is 4.33. The number of hydrogen-bond acceptors (Lipinski definition) is 3. The first-order valence-electron chi connectivity index (χ1n) is 8.80. The van der Waals surface area contributed by atoms with Gasteiger partial charge in [-0.2, -0.15) is 0 Å². The highest BCUT2D eigenvalue weighted by molar-refractivity contribution is 7.13. The molecule has 8 heteroatoms. The number of urea groups is 1. The fraction of sp³-hybridized carbons (Fsp3) is 0.143. The average molecular weight is 449 g/mol. The maximum absolute atomic E-state index is 12.9. The van der Waals surface area contributed by atoms with Crippen LogP contribution in [0.5, 0.6) is 0 Å². The molecule has 1 aromatic heterocycles. The smallest absolute Gasteiger partial charge is 0.348 e. The van der Waals surface area contributed by atoms with E-state index in [1.54, 1.807) is 28.5 Å². The zero-order valence-electron chi connectivity index (χ0n) is 15.5. The topological polar surface area (TPSA) is 69.6 Å². The Morgan fingerprint density at radius 2 is 1.83 bits per heavy atom. The van der Waals surface area contributed by atoms with E-state index in [1.165, 1.54) is 0 Å². The third-order valence-corrected chi connectivity index (χ3v) is 6.04. The minimum absolute atomic E-state index is 0.0511. The van der Waals surface area contributed by atoms with Crippen molar-refractivity contribution in [2.45, 2.75) is 13.5 Å². The standard InChI is InChI=1S/C21H18Cl2N2O3S/c1-2-25(11-13-6-4-3-5-7-13)21(28)24-18-15(12-29-19(18)20(26)27)14-8-9-16(22)17(23)10-14/h3-10,12H,2,11H2,1H3,(H,24,28)(H,26,27). The highest BCUT2D eigenvalue weighted by Gasteiger charge is 2.23. The molecule has 0 aliphatic heterocycles. The summed E-state index contributed by atoms with van der Waals surface area (Å²) >= 11 is 13.1. The van der Waals surface area contributed by atoms with Crippen molar-refractivity contribution < 1.29 is 14.7 Å². The molecule has 3 rings (SSSR count). The molecule has 3 aromatic rings. The molecule has 0 bridgehead atoms. The fourth-order valence-electron chi connectivity index (χ4n) is 2.83. The third kappa shape index (κ3) is 4.90. The summed E-state index contributed by atoms with van der Waals surface area (Å²) in [4.78, 5) is 26.3. The number of carboxylic acid groups (broad SMARTS) is 1. The van der Waals surface area contributed by atoms with Crippen molar-refractivity contribution in [2.24, 2.45) is 0 Å². The molecule has 150 valence electrons. The van der Waals surface area contributed by atoms with E-state index in [-0.39, 0.29) is 16.6 Å². The Bertz CT molecular complexity index is 1040. The van der Waals surface area contributed by atoms with Crippen molar-refractivity contribution in [1.29, 1.82) is 0 Å². The molecule has 1 heterocycles. The van der Waals surface area contributed by atoms with Crippen molar-refractivity contribution in [2.75, 3.05) is 11.9 Å². The monoisotopic (exact) mass is 448 g/mol. The van der Waals surface area contributed by atoms with Gasteiger partial charge in [0.1, 0.15) is 4.88 Å². The second-order valence-corrected chi connectivity index (χ2v) is 7.91. The van der Waals surface area contributed by atoms with Gasteiger partial charge in [0, 0.05) is 24.0 Å². The fourth-order valence-corrected chi connectivity index (χ4v) is 4.00. The second kappa shape index (κ2) is 9.31. The van der Waals surface area contributed by atoms with Gasteiger partial charge in [-0.3, -0.25) is 0 Å². The lowest BCUT2D eigenvalue weighted by Gasteiger charge is -2.22. The number of amides is 2. The molecular formula is C21H18Cl2N2O3S. The Balaban J connectivity index is 1.92. The van der Waals surface area contributed by atoms with Crippen LogP contribution in [-0.2, 0) is 6.54 Å². The number of carbonyl (C=O) groups is 2. The van der Waals surface area contributed by atoms with E-state index < -0.39 is 5.97 Å². The molecule has 2 amide bonds. The number of carbonyl (C=O) groups excluding carboxylic acids is 1. The Hall–Kier alpha value is -2.54. The van der Waals surface area contributed by atoms with Crippen LogP contribution in [0.1, 0.15) is 22.2 Å². The lowest BCUT2D eigenvalue weighted by atomic mass is 10.1. The normalized spacial score (nSPS) is 10.6. The lowest BCUT2D eigenvalue weighted by Crippen LogP contribution is -2.34. The zero-order valence-corrected chi connectivity index (χ0v) is 17.8. The van der Waals surface area contributed by atoms with Gasteiger partial charge in [0.2, 0.25) is 0 Å². The number of nitrogens with zero attached hydrogens (tertiary/aromatic N) is 1. The van der Waals surface area contributed by atoms with E-state index in [4.69, 9.17) is 23.2 Å². The number of thiophene rings is 1. The van der Waals surface area contributed by atoms with Crippen LogP contribution in [0.4, 0.5) is 10.5 Å². The molecular weight excluding hydrogens is 431 g/mol. The van der Waals surface area contributed by atoms with Crippen LogP contribution in [-0.4, -0.2) is 28.6 Å². The summed E-state index contributed by atoms with van der Waals surface area (Å²) in [6.07, 6.45) is 0. The van der Waals surface area contributed by atoms with Crippen molar-refractivity contribution in [3.8, 4) is 11.1 Å². The lowest BCUT2D eigenvalue weighted by molar-refractivity contribution is 0.0703. The number of hydrogen-bond donors (Lipinski definition) is 2. The number of halogens is 2. The van der Waals surface area contributed by atoms with Gasteiger partial charge in [0.05, 0.1) is 15.7 Å². The van der Waals surface area contributed by atoms with Crippen molar-refractivity contribution in [1.82, 2.24) is 4.90 Å². The Labute approximate surface area is 182 Å². The highest BCUT2D eigenvalue weighted by atomic mass is 35.5. The summed E-state index contributed by atoms with van der Waals surface area (Å²) in [6, 6.07) is 14.2. The SMILES string of the molecule is CCN(Cc1ccccc1)C(=O)Nc1c(-c2ccc(Cl)c(Cl)c2)csc1C(=O)O. The number of carboxylic acids is 1. The maximum atomic E-state index is 12.9. The molecule has 5 nitrogen and oxygen atoms in total. The summed E-state index contributed by atoms with van der Waals surface area (Å²) in [6.45, 7) is 2.75. The molecule has 0 aliphatic rings. The van der Waals surface area contributed by atoms with E-state index >= 15 is 0 Å². The summed E-state index contributed by atoms with van der Waals surface area (Å²) in [5.74, 6) is -1.11. The number of anilines is 1. The van der Waals surface area contributed by atoms with E-state index in [0.29, 0.717) is 34.3 Å². The van der Waals surface area contributed by atoms with Gasteiger partial charge >= 0.3 is 12.0 Å². The predicted molar refractivity (Wildman–Crippen MR) is 118 cm³/mol. The quantitative estimate of drug-likeness (QED) is 0.453. The molecule has 2 aromatic carbocycles. The van der Waals surface area contributed by atoms with Crippen LogP contribution in [0.3, 0.4) is 0 Å². The van der Waals surface area contributed by atoms with Crippen molar-refractivity contribution in [3.63, 3.8) is 0 Å². The van der Waals surface area contributed by atoms with E-state index in [2.05, 4.69) is 5.32 Å². The minimum atomic E-state index is -1.11. The van der Waals surface area contributed by atoms with Gasteiger partial charge in [-0.1, -0.05) is 59.6 Å². The van der Waals surface area contributed by atoms with E-state index in [9.17, 15) is 14.7 Å². The first-order chi connectivity index (χ1) is 13.9. The van der Waals surface area contributed by atoms with Crippen LogP contribution < -0.4 is 5.32 Å². The molecule has 0 unspecified atom stereocenters. The van der Waals surface area contributed by atoms with Gasteiger partial charge in [0.15, 0.2) is 0 Å². The molecule has 0 atom stereocenters. The van der Waals surface area contributed by atoms with Crippen LogP contribution >= 0.6 is 34.5 Å². The maximum Gasteiger partial charge on any atom is 0.348 e.